The van der Waals surface area contributed by atoms with Gasteiger partial charge in [0.05, 0.1) is 16.2 Å². The van der Waals surface area contributed by atoms with E-state index in [0.717, 1.165) is 11.3 Å². The van der Waals surface area contributed by atoms with Crippen LogP contribution in [0, 0.1) is 0 Å². The highest BCUT2D eigenvalue weighted by molar-refractivity contribution is 8.18. The number of benzene rings is 2. The van der Waals surface area contributed by atoms with E-state index in [1.807, 2.05) is 62.3 Å². The molecule has 0 spiro atoms. The first kappa shape index (κ1) is 21.4. The average Bonchev–Trinajstić information content (AvgIpc) is 3.02. The van der Waals surface area contributed by atoms with Crippen LogP contribution in [0.25, 0.3) is 6.08 Å². The minimum absolute atomic E-state index is 0.108. The number of thioether (sulfide) groups is 1. The summed E-state index contributed by atoms with van der Waals surface area (Å²) >= 11 is 1.28. The van der Waals surface area contributed by atoms with E-state index >= 15 is 0 Å². The largest absolute Gasteiger partial charge is 0.478 e. The van der Waals surface area contributed by atoms with E-state index in [9.17, 15) is 9.59 Å². The van der Waals surface area contributed by atoms with E-state index < -0.39 is 5.97 Å². The first-order chi connectivity index (χ1) is 14.4. The molecule has 1 N–H and O–H groups in total. The lowest BCUT2D eigenvalue weighted by atomic mass is 10.2. The number of aliphatic imine (C=N–C) groups is 1. The summed E-state index contributed by atoms with van der Waals surface area (Å²) in [5, 5.41) is 9.69. The standard InChI is InChI=1S/C23H23N3O3S/c1-4-26-21(27)20(10-5-7-16-11-13-19(14-12-16)25(2)3)30-23(26)24-18-9-6-8-17(15-18)22(28)29/h5-15H,4H2,1-3H3,(H,28,29). The molecule has 0 unspecified atom stereocenters. The van der Waals surface area contributed by atoms with Crippen LogP contribution in [-0.4, -0.2) is 47.7 Å². The SMILES string of the molecule is CCN1C(=O)C(=CC=Cc2ccc(N(C)C)cc2)SC1=Nc1cccc(C(=O)O)c1. The third kappa shape index (κ3) is 4.99. The Morgan fingerprint density at radius 1 is 1.20 bits per heavy atom. The molecule has 0 saturated carbocycles. The minimum Gasteiger partial charge on any atom is -0.478 e. The summed E-state index contributed by atoms with van der Waals surface area (Å²) in [4.78, 5) is 32.6. The van der Waals surface area contributed by atoms with E-state index in [1.54, 1.807) is 23.1 Å². The lowest BCUT2D eigenvalue weighted by molar-refractivity contribution is -0.122. The summed E-state index contributed by atoms with van der Waals surface area (Å²) in [7, 11) is 3.99. The first-order valence-electron chi connectivity index (χ1n) is 9.46. The fourth-order valence-corrected chi connectivity index (χ4v) is 3.85. The van der Waals surface area contributed by atoms with E-state index in [0.29, 0.717) is 22.3 Å². The van der Waals surface area contributed by atoms with Gasteiger partial charge in [0.2, 0.25) is 0 Å². The number of allylic oxidation sites excluding steroid dienone is 2. The molecule has 1 fully saturated rings. The van der Waals surface area contributed by atoms with Crippen LogP contribution >= 0.6 is 11.8 Å². The van der Waals surface area contributed by atoms with Crippen molar-refractivity contribution in [2.24, 2.45) is 4.99 Å². The van der Waals surface area contributed by atoms with Gasteiger partial charge < -0.3 is 10.0 Å². The van der Waals surface area contributed by atoms with Crippen molar-refractivity contribution >= 4 is 46.3 Å². The van der Waals surface area contributed by atoms with Gasteiger partial charge in [-0.25, -0.2) is 9.79 Å². The van der Waals surface area contributed by atoms with Crippen molar-refractivity contribution in [3.63, 3.8) is 0 Å². The number of carbonyl (C=O) groups excluding carboxylic acids is 1. The van der Waals surface area contributed by atoms with Crippen molar-refractivity contribution in [2.45, 2.75) is 6.92 Å². The molecule has 0 radical (unpaired) electrons. The minimum atomic E-state index is -1.01. The second-order valence-corrected chi connectivity index (χ2v) is 7.79. The highest BCUT2D eigenvalue weighted by Gasteiger charge is 2.31. The predicted octanol–water partition coefficient (Wildman–Crippen LogP) is 4.63. The number of rotatable bonds is 6. The molecule has 0 atom stereocenters. The molecule has 1 aliphatic heterocycles. The Bertz CT molecular complexity index is 1040. The van der Waals surface area contributed by atoms with Crippen LogP contribution in [0.2, 0.25) is 0 Å². The highest BCUT2D eigenvalue weighted by atomic mass is 32.2. The molecular weight excluding hydrogens is 398 g/mol. The zero-order valence-corrected chi connectivity index (χ0v) is 17.9. The van der Waals surface area contributed by atoms with Crippen LogP contribution in [-0.2, 0) is 4.79 Å². The van der Waals surface area contributed by atoms with Crippen LogP contribution < -0.4 is 4.90 Å². The van der Waals surface area contributed by atoms with Crippen LogP contribution in [0.4, 0.5) is 11.4 Å². The number of carboxylic acids is 1. The lowest BCUT2D eigenvalue weighted by Gasteiger charge is -2.12. The normalized spacial score (nSPS) is 16.8. The summed E-state index contributed by atoms with van der Waals surface area (Å²) in [6.45, 7) is 2.36. The summed E-state index contributed by atoms with van der Waals surface area (Å²) in [5.74, 6) is -1.12. The summed E-state index contributed by atoms with van der Waals surface area (Å²) in [6.07, 6.45) is 5.58. The number of aromatic carboxylic acids is 1. The molecular formula is C23H23N3O3S. The Labute approximate surface area is 180 Å². The molecule has 1 amide bonds. The molecule has 7 heteroatoms. The molecule has 3 rings (SSSR count). The monoisotopic (exact) mass is 421 g/mol. The van der Waals surface area contributed by atoms with Gasteiger partial charge in [-0.3, -0.25) is 9.69 Å². The van der Waals surface area contributed by atoms with Crippen LogP contribution in [0.1, 0.15) is 22.8 Å². The van der Waals surface area contributed by atoms with Gasteiger partial charge in [0.1, 0.15) is 0 Å². The Morgan fingerprint density at radius 3 is 2.57 bits per heavy atom. The molecule has 0 aliphatic carbocycles. The molecule has 30 heavy (non-hydrogen) atoms. The van der Waals surface area contributed by atoms with E-state index in [-0.39, 0.29) is 11.5 Å². The predicted molar refractivity (Wildman–Crippen MR) is 123 cm³/mol. The van der Waals surface area contributed by atoms with Gasteiger partial charge in [-0.1, -0.05) is 30.4 Å². The van der Waals surface area contributed by atoms with Gasteiger partial charge >= 0.3 is 5.97 Å². The molecule has 0 aromatic heterocycles. The third-order valence-electron chi connectivity index (χ3n) is 4.47. The quantitative estimate of drug-likeness (QED) is 0.689. The third-order valence-corrected chi connectivity index (χ3v) is 5.49. The number of carboxylic acid groups (broad SMARTS) is 1. The van der Waals surface area contributed by atoms with E-state index in [2.05, 4.69) is 4.99 Å². The Hall–Kier alpha value is -3.32. The van der Waals surface area contributed by atoms with Crippen LogP contribution in [0.3, 0.4) is 0 Å². The Morgan fingerprint density at radius 2 is 1.93 bits per heavy atom. The number of anilines is 1. The molecule has 2 aromatic rings. The molecule has 1 aliphatic rings. The maximum atomic E-state index is 12.7. The summed E-state index contributed by atoms with van der Waals surface area (Å²) in [6, 6.07) is 14.5. The number of hydrogen-bond donors (Lipinski definition) is 1. The fraction of sp³-hybridized carbons (Fsp3) is 0.174. The smallest absolute Gasteiger partial charge is 0.335 e. The van der Waals surface area contributed by atoms with Crippen molar-refractivity contribution in [1.29, 1.82) is 0 Å². The lowest BCUT2D eigenvalue weighted by Crippen LogP contribution is -2.28. The van der Waals surface area contributed by atoms with E-state index in [4.69, 9.17) is 5.11 Å². The van der Waals surface area contributed by atoms with Gasteiger partial charge in [-0.15, -0.1) is 0 Å². The van der Waals surface area contributed by atoms with Gasteiger partial charge in [-0.2, -0.15) is 0 Å². The number of hydrogen-bond acceptors (Lipinski definition) is 5. The van der Waals surface area contributed by atoms with Crippen molar-refractivity contribution in [1.82, 2.24) is 4.90 Å². The number of amides is 1. The van der Waals surface area contributed by atoms with Crippen molar-refractivity contribution < 1.29 is 14.7 Å². The van der Waals surface area contributed by atoms with Crippen molar-refractivity contribution in [3.8, 4) is 0 Å². The molecule has 154 valence electrons. The zero-order valence-electron chi connectivity index (χ0n) is 17.1. The van der Waals surface area contributed by atoms with Crippen LogP contribution in [0.5, 0.6) is 0 Å². The maximum Gasteiger partial charge on any atom is 0.335 e. The van der Waals surface area contributed by atoms with Gasteiger partial charge in [0.25, 0.3) is 5.91 Å². The number of likely N-dealkylation sites (N-methyl/N-ethyl adjacent to an activating group) is 1. The van der Waals surface area contributed by atoms with Gasteiger partial charge in [0, 0.05) is 26.3 Å². The molecule has 6 nitrogen and oxygen atoms in total. The zero-order chi connectivity index (χ0) is 21.7. The first-order valence-corrected chi connectivity index (χ1v) is 10.3. The van der Waals surface area contributed by atoms with E-state index in [1.165, 1.54) is 23.9 Å². The molecule has 0 bridgehead atoms. The topological polar surface area (TPSA) is 73.2 Å². The van der Waals surface area contributed by atoms with Gasteiger partial charge in [-0.05, 0) is 60.7 Å². The fourth-order valence-electron chi connectivity index (χ4n) is 2.83. The van der Waals surface area contributed by atoms with Crippen molar-refractivity contribution in [2.75, 3.05) is 25.5 Å². The second kappa shape index (κ2) is 9.45. The number of carbonyl (C=O) groups is 2. The Balaban J connectivity index is 1.79. The molecule has 1 heterocycles. The highest BCUT2D eigenvalue weighted by Crippen LogP contribution is 2.32. The number of amidine groups is 1. The second-order valence-electron chi connectivity index (χ2n) is 6.78. The summed E-state index contributed by atoms with van der Waals surface area (Å²) < 4.78 is 0. The van der Waals surface area contributed by atoms with Gasteiger partial charge in [0.15, 0.2) is 5.17 Å². The Kier molecular flexibility index (Phi) is 6.74. The maximum absolute atomic E-state index is 12.7. The molecule has 2 aromatic carbocycles. The average molecular weight is 422 g/mol. The summed E-state index contributed by atoms with van der Waals surface area (Å²) in [5.41, 5.74) is 2.83. The van der Waals surface area contributed by atoms with Crippen molar-refractivity contribution in [3.05, 3.63) is 76.7 Å². The molecule has 1 saturated heterocycles. The number of nitrogens with zero attached hydrogens (tertiary/aromatic N) is 3. The van der Waals surface area contributed by atoms with Crippen LogP contribution in [0.15, 0.2) is 70.6 Å².